The minimum absolute atomic E-state index is 0.141. The number of amides is 1. The molecule has 3 aromatic rings. The summed E-state index contributed by atoms with van der Waals surface area (Å²) in [4.78, 5) is 12.0. The van der Waals surface area contributed by atoms with Crippen LogP contribution in [0.25, 0.3) is 11.3 Å². The molecular formula is C15H12ClN3O3. The molecule has 7 heteroatoms. The summed E-state index contributed by atoms with van der Waals surface area (Å²) in [6, 6.07) is 10.6. The van der Waals surface area contributed by atoms with Gasteiger partial charge < -0.3 is 14.2 Å². The third kappa shape index (κ3) is 3.01. The van der Waals surface area contributed by atoms with Crippen LogP contribution in [-0.2, 0) is 6.54 Å². The molecule has 2 heterocycles. The summed E-state index contributed by atoms with van der Waals surface area (Å²) < 4.78 is 10.7. The highest BCUT2D eigenvalue weighted by molar-refractivity contribution is 6.33. The number of nitrogens with one attached hydrogen (secondary N) is 1. The van der Waals surface area contributed by atoms with Crippen LogP contribution in [0.5, 0.6) is 0 Å². The molecule has 22 heavy (non-hydrogen) atoms. The number of halogens is 1. The summed E-state index contributed by atoms with van der Waals surface area (Å²) in [6.07, 6.45) is 0. The number of carbonyl (C=O) groups excluding carboxylic acids is 1. The first-order chi connectivity index (χ1) is 10.6. The van der Waals surface area contributed by atoms with Crippen LogP contribution in [0.15, 0.2) is 45.2 Å². The lowest BCUT2D eigenvalue weighted by molar-refractivity contribution is 0.0920. The number of rotatable bonds is 4. The number of nitrogens with zero attached hydrogens (tertiary/aromatic N) is 2. The van der Waals surface area contributed by atoms with E-state index in [-0.39, 0.29) is 18.2 Å². The van der Waals surface area contributed by atoms with Crippen molar-refractivity contribution < 1.29 is 13.6 Å². The molecule has 1 N–H and O–H groups in total. The summed E-state index contributed by atoms with van der Waals surface area (Å²) in [6.45, 7) is 1.82. The summed E-state index contributed by atoms with van der Waals surface area (Å²) in [5.41, 5.74) is 0.732. The highest BCUT2D eigenvalue weighted by Crippen LogP contribution is 2.28. The van der Waals surface area contributed by atoms with Gasteiger partial charge in [-0.3, -0.25) is 4.79 Å². The maximum absolute atomic E-state index is 12.0. The Balaban J connectivity index is 1.70. The Morgan fingerprint density at radius 3 is 2.73 bits per heavy atom. The highest BCUT2D eigenvalue weighted by Gasteiger charge is 2.14. The zero-order valence-electron chi connectivity index (χ0n) is 11.7. The van der Waals surface area contributed by atoms with Gasteiger partial charge in [-0.1, -0.05) is 23.7 Å². The molecule has 112 valence electrons. The van der Waals surface area contributed by atoms with E-state index in [1.807, 2.05) is 18.2 Å². The number of hydrogen-bond donors (Lipinski definition) is 1. The monoisotopic (exact) mass is 317 g/mol. The first-order valence-electron chi connectivity index (χ1n) is 6.55. The van der Waals surface area contributed by atoms with Gasteiger partial charge in [0.05, 0.1) is 11.6 Å². The molecule has 0 atom stereocenters. The third-order valence-corrected chi connectivity index (χ3v) is 3.27. The molecular weight excluding hydrogens is 306 g/mol. The Hall–Kier alpha value is -2.60. The van der Waals surface area contributed by atoms with E-state index in [0.717, 1.165) is 5.56 Å². The quantitative estimate of drug-likeness (QED) is 0.799. The molecule has 0 aliphatic rings. The van der Waals surface area contributed by atoms with E-state index in [1.165, 1.54) is 0 Å². The first-order valence-corrected chi connectivity index (χ1v) is 6.93. The molecule has 0 unspecified atom stereocenters. The smallest absolute Gasteiger partial charge is 0.287 e. The van der Waals surface area contributed by atoms with Gasteiger partial charge in [0.15, 0.2) is 5.76 Å². The van der Waals surface area contributed by atoms with Crippen molar-refractivity contribution in [1.29, 1.82) is 0 Å². The van der Waals surface area contributed by atoms with Crippen LogP contribution in [0.4, 0.5) is 0 Å². The summed E-state index contributed by atoms with van der Waals surface area (Å²) in [7, 11) is 0. The van der Waals surface area contributed by atoms with E-state index in [2.05, 4.69) is 15.5 Å². The first kappa shape index (κ1) is 14.3. The van der Waals surface area contributed by atoms with E-state index in [1.54, 1.807) is 25.1 Å². The molecule has 0 radical (unpaired) electrons. The Morgan fingerprint density at radius 2 is 2.00 bits per heavy atom. The van der Waals surface area contributed by atoms with Gasteiger partial charge in [0.25, 0.3) is 5.91 Å². The van der Waals surface area contributed by atoms with Gasteiger partial charge in [-0.05, 0) is 24.3 Å². The number of furan rings is 1. The number of hydrogen-bond acceptors (Lipinski definition) is 5. The molecule has 0 saturated carbocycles. The fourth-order valence-corrected chi connectivity index (χ4v) is 2.15. The van der Waals surface area contributed by atoms with Crippen molar-refractivity contribution in [2.45, 2.75) is 13.5 Å². The largest absolute Gasteiger partial charge is 0.451 e. The van der Waals surface area contributed by atoms with Crippen LogP contribution in [-0.4, -0.2) is 16.1 Å². The van der Waals surface area contributed by atoms with Crippen molar-refractivity contribution in [1.82, 2.24) is 15.5 Å². The zero-order chi connectivity index (χ0) is 15.5. The van der Waals surface area contributed by atoms with Gasteiger partial charge in [-0.2, -0.15) is 0 Å². The number of carbonyl (C=O) groups is 1. The molecule has 0 aliphatic carbocycles. The highest BCUT2D eigenvalue weighted by atomic mass is 35.5. The zero-order valence-corrected chi connectivity index (χ0v) is 12.4. The van der Waals surface area contributed by atoms with Gasteiger partial charge >= 0.3 is 0 Å². The summed E-state index contributed by atoms with van der Waals surface area (Å²) >= 11 is 6.10. The Morgan fingerprint density at radius 1 is 1.18 bits per heavy atom. The van der Waals surface area contributed by atoms with Crippen LogP contribution >= 0.6 is 11.6 Å². The number of aromatic nitrogens is 2. The van der Waals surface area contributed by atoms with Crippen LogP contribution < -0.4 is 5.32 Å². The Kier molecular flexibility index (Phi) is 3.93. The topological polar surface area (TPSA) is 81.2 Å². The Bertz CT molecular complexity index is 810. The SMILES string of the molecule is Cc1nnc(CNC(=O)c2ccc(-c3ccccc3Cl)o2)o1. The lowest BCUT2D eigenvalue weighted by Gasteiger charge is -2.01. The normalized spacial score (nSPS) is 10.6. The van der Waals surface area contributed by atoms with Crippen LogP contribution in [0.1, 0.15) is 22.3 Å². The van der Waals surface area contributed by atoms with E-state index in [9.17, 15) is 4.79 Å². The van der Waals surface area contributed by atoms with Crippen molar-refractivity contribution in [3.05, 3.63) is 59.0 Å². The number of aryl methyl sites for hydroxylation is 1. The number of benzene rings is 1. The summed E-state index contributed by atoms with van der Waals surface area (Å²) in [5, 5.41) is 10.7. The minimum Gasteiger partial charge on any atom is -0.451 e. The van der Waals surface area contributed by atoms with Crippen molar-refractivity contribution >= 4 is 17.5 Å². The van der Waals surface area contributed by atoms with Crippen molar-refractivity contribution in [2.24, 2.45) is 0 Å². The second-order valence-corrected chi connectivity index (χ2v) is 4.95. The molecule has 0 saturated heterocycles. The van der Waals surface area contributed by atoms with Gasteiger partial charge in [-0.15, -0.1) is 10.2 Å². The van der Waals surface area contributed by atoms with E-state index in [0.29, 0.717) is 22.6 Å². The lowest BCUT2D eigenvalue weighted by Crippen LogP contribution is -2.22. The van der Waals surface area contributed by atoms with Crippen LogP contribution in [0.2, 0.25) is 5.02 Å². The maximum Gasteiger partial charge on any atom is 0.287 e. The predicted molar refractivity (Wildman–Crippen MR) is 79.4 cm³/mol. The summed E-state index contributed by atoms with van der Waals surface area (Å²) in [5.74, 6) is 1.14. The van der Waals surface area contributed by atoms with E-state index < -0.39 is 0 Å². The van der Waals surface area contributed by atoms with Gasteiger partial charge in [0, 0.05) is 12.5 Å². The molecule has 0 fully saturated rings. The second-order valence-electron chi connectivity index (χ2n) is 4.54. The minimum atomic E-state index is -0.367. The molecule has 3 rings (SSSR count). The van der Waals surface area contributed by atoms with E-state index >= 15 is 0 Å². The molecule has 1 amide bonds. The van der Waals surface area contributed by atoms with E-state index in [4.69, 9.17) is 20.4 Å². The van der Waals surface area contributed by atoms with Crippen molar-refractivity contribution in [3.8, 4) is 11.3 Å². The third-order valence-electron chi connectivity index (χ3n) is 2.94. The van der Waals surface area contributed by atoms with Crippen molar-refractivity contribution in [3.63, 3.8) is 0 Å². The standard InChI is InChI=1S/C15H12ClN3O3/c1-9-18-19-14(21-9)8-17-15(20)13-7-6-12(22-13)10-4-2-3-5-11(10)16/h2-7H,8H2,1H3,(H,17,20). The average molecular weight is 318 g/mol. The average Bonchev–Trinajstić information content (AvgIpc) is 3.14. The Labute approximate surface area is 131 Å². The lowest BCUT2D eigenvalue weighted by atomic mass is 10.2. The molecule has 2 aromatic heterocycles. The fraction of sp³-hybridized carbons (Fsp3) is 0.133. The van der Waals surface area contributed by atoms with Crippen molar-refractivity contribution in [2.75, 3.05) is 0 Å². The molecule has 0 aliphatic heterocycles. The van der Waals surface area contributed by atoms with Gasteiger partial charge in [0.1, 0.15) is 5.76 Å². The fourth-order valence-electron chi connectivity index (χ4n) is 1.92. The maximum atomic E-state index is 12.0. The van der Waals surface area contributed by atoms with Crippen LogP contribution in [0, 0.1) is 6.92 Å². The molecule has 0 spiro atoms. The molecule has 1 aromatic carbocycles. The van der Waals surface area contributed by atoms with Crippen LogP contribution in [0.3, 0.4) is 0 Å². The van der Waals surface area contributed by atoms with Gasteiger partial charge in [0.2, 0.25) is 11.8 Å². The predicted octanol–water partition coefficient (Wildman–Crippen LogP) is 3.22. The molecule has 6 nitrogen and oxygen atoms in total. The molecule has 0 bridgehead atoms. The second kappa shape index (κ2) is 6.03. The van der Waals surface area contributed by atoms with Gasteiger partial charge in [-0.25, -0.2) is 0 Å².